The van der Waals surface area contributed by atoms with E-state index >= 15 is 0 Å². The molecule has 1 rings (SSSR count). The van der Waals surface area contributed by atoms with Gasteiger partial charge in [0.2, 0.25) is 5.91 Å². The molecular formula is C25H35N3O7. The van der Waals surface area contributed by atoms with Crippen LogP contribution < -0.4 is 10.6 Å². The summed E-state index contributed by atoms with van der Waals surface area (Å²) in [7, 11) is 0. The third-order valence-electron chi connectivity index (χ3n) is 4.69. The third-order valence-corrected chi connectivity index (χ3v) is 4.69. The Balaban J connectivity index is 3.19. The quantitative estimate of drug-likeness (QED) is 0.244. The average molecular weight is 490 g/mol. The van der Waals surface area contributed by atoms with Crippen LogP contribution in [0.4, 0.5) is 4.79 Å². The largest absolute Gasteiger partial charge is 0.466 e. The van der Waals surface area contributed by atoms with Crippen LogP contribution in [-0.2, 0) is 30.3 Å². The minimum absolute atomic E-state index is 0.0343. The number of esters is 1. The molecule has 10 heteroatoms. The Hall–Kier alpha value is -3.58. The molecule has 192 valence electrons. The Morgan fingerprint density at radius 3 is 2.26 bits per heavy atom. The summed E-state index contributed by atoms with van der Waals surface area (Å²) in [5.41, 5.74) is 0.589. The number of amides is 3. The Kier molecular flexibility index (Phi) is 11.8. The van der Waals surface area contributed by atoms with Gasteiger partial charge in [-0.3, -0.25) is 19.3 Å². The number of carbonyl (C=O) groups excluding carboxylic acids is 4. The molecule has 0 saturated heterocycles. The number of aryl methyl sites for hydroxylation is 1. The lowest BCUT2D eigenvalue weighted by Crippen LogP contribution is -2.53. The lowest BCUT2D eigenvalue weighted by atomic mass is 10.0. The SMILES string of the molecule is C#CN(C(=O)C(CO)NC(=O)OC(C)(C)C)C(C(=O)NCCC(=O)OCC)c1ccc(CC)cc1. The Labute approximate surface area is 206 Å². The summed E-state index contributed by atoms with van der Waals surface area (Å²) < 4.78 is 9.99. The summed E-state index contributed by atoms with van der Waals surface area (Å²) >= 11 is 0. The van der Waals surface area contributed by atoms with Crippen LogP contribution >= 0.6 is 0 Å². The van der Waals surface area contributed by atoms with Crippen molar-refractivity contribution in [2.24, 2.45) is 0 Å². The first kappa shape index (κ1) is 29.5. The van der Waals surface area contributed by atoms with Gasteiger partial charge in [0.05, 0.1) is 19.6 Å². The maximum atomic E-state index is 13.2. The second-order valence-corrected chi connectivity index (χ2v) is 8.56. The second-order valence-electron chi connectivity index (χ2n) is 8.56. The standard InChI is InChI=1S/C25H35N3O7/c1-7-17-10-12-18(13-11-17)21(22(31)26-15-14-20(30)34-9-3)28(8-2)23(32)19(16-29)27-24(33)35-25(4,5)6/h2,10-13,19,21,29H,7,9,14-16H2,1,3-6H3,(H,26,31)(H,27,33). The van der Waals surface area contributed by atoms with Crippen LogP contribution in [0.5, 0.6) is 0 Å². The number of alkyl carbamates (subject to hydrolysis) is 1. The highest BCUT2D eigenvalue weighted by Gasteiger charge is 2.35. The van der Waals surface area contributed by atoms with Crippen LogP contribution in [0.2, 0.25) is 0 Å². The lowest BCUT2D eigenvalue weighted by molar-refractivity contribution is -0.143. The smallest absolute Gasteiger partial charge is 0.408 e. The topological polar surface area (TPSA) is 134 Å². The zero-order chi connectivity index (χ0) is 26.6. The van der Waals surface area contributed by atoms with E-state index in [1.165, 1.54) is 0 Å². The first-order chi connectivity index (χ1) is 16.5. The van der Waals surface area contributed by atoms with Crippen molar-refractivity contribution in [3.05, 3.63) is 35.4 Å². The molecule has 0 spiro atoms. The number of rotatable bonds is 11. The van der Waals surface area contributed by atoms with Gasteiger partial charge in [0.15, 0.2) is 0 Å². The number of benzene rings is 1. The number of carbonyl (C=O) groups is 4. The molecule has 2 unspecified atom stereocenters. The molecule has 0 saturated carbocycles. The Morgan fingerprint density at radius 1 is 1.14 bits per heavy atom. The van der Waals surface area contributed by atoms with Crippen molar-refractivity contribution >= 4 is 23.9 Å². The van der Waals surface area contributed by atoms with Crippen LogP contribution in [0.15, 0.2) is 24.3 Å². The zero-order valence-corrected chi connectivity index (χ0v) is 20.9. The molecule has 3 N–H and O–H groups in total. The predicted octanol–water partition coefficient (Wildman–Crippen LogP) is 1.66. The molecule has 0 aliphatic rings. The summed E-state index contributed by atoms with van der Waals surface area (Å²) in [6.45, 7) is 7.99. The fraction of sp³-hybridized carbons (Fsp3) is 0.520. The molecule has 0 aliphatic heterocycles. The zero-order valence-electron chi connectivity index (χ0n) is 20.9. The van der Waals surface area contributed by atoms with Crippen molar-refractivity contribution in [1.29, 1.82) is 0 Å². The van der Waals surface area contributed by atoms with Gasteiger partial charge in [-0.2, -0.15) is 0 Å². The van der Waals surface area contributed by atoms with Crippen LogP contribution in [0, 0.1) is 12.5 Å². The number of aliphatic hydroxyl groups excluding tert-OH is 1. The number of aliphatic hydroxyl groups is 1. The molecule has 10 nitrogen and oxygen atoms in total. The summed E-state index contributed by atoms with van der Waals surface area (Å²) in [6.07, 6.45) is 5.40. The van der Waals surface area contributed by atoms with E-state index < -0.39 is 48.2 Å². The molecule has 1 aromatic rings. The first-order valence-corrected chi connectivity index (χ1v) is 11.4. The molecule has 0 aliphatic carbocycles. The summed E-state index contributed by atoms with van der Waals surface area (Å²) in [5.74, 6) is -2.01. The van der Waals surface area contributed by atoms with Crippen molar-refractivity contribution in [1.82, 2.24) is 15.5 Å². The van der Waals surface area contributed by atoms with Crippen LogP contribution in [0.25, 0.3) is 0 Å². The molecule has 0 bridgehead atoms. The Bertz CT molecular complexity index is 916. The molecule has 0 fully saturated rings. The van der Waals surface area contributed by atoms with E-state index in [0.29, 0.717) is 5.56 Å². The number of nitrogens with one attached hydrogen (secondary N) is 2. The first-order valence-electron chi connectivity index (χ1n) is 11.4. The molecule has 0 heterocycles. The van der Waals surface area contributed by atoms with Gasteiger partial charge in [0.1, 0.15) is 17.7 Å². The molecule has 0 aromatic heterocycles. The van der Waals surface area contributed by atoms with E-state index in [1.54, 1.807) is 52.0 Å². The van der Waals surface area contributed by atoms with Crippen LogP contribution in [0.1, 0.15) is 58.2 Å². The van der Waals surface area contributed by atoms with Gasteiger partial charge in [0, 0.05) is 12.6 Å². The van der Waals surface area contributed by atoms with Gasteiger partial charge in [-0.15, -0.1) is 0 Å². The van der Waals surface area contributed by atoms with Gasteiger partial charge < -0.3 is 25.2 Å². The molecule has 3 amide bonds. The monoisotopic (exact) mass is 489 g/mol. The second kappa shape index (κ2) is 14.0. The summed E-state index contributed by atoms with van der Waals surface area (Å²) in [4.78, 5) is 50.9. The fourth-order valence-electron chi connectivity index (χ4n) is 3.04. The summed E-state index contributed by atoms with van der Waals surface area (Å²) in [6, 6.07) is 6.40. The molecule has 2 atom stereocenters. The number of ether oxygens (including phenoxy) is 2. The number of hydrogen-bond donors (Lipinski definition) is 3. The van der Waals surface area contributed by atoms with Crippen molar-refractivity contribution in [3.8, 4) is 12.5 Å². The van der Waals surface area contributed by atoms with Crippen molar-refractivity contribution in [2.45, 2.75) is 65.1 Å². The molecule has 1 aromatic carbocycles. The summed E-state index contributed by atoms with van der Waals surface area (Å²) in [5, 5.41) is 14.6. The predicted molar refractivity (Wildman–Crippen MR) is 129 cm³/mol. The highest BCUT2D eigenvalue weighted by atomic mass is 16.6. The minimum atomic E-state index is -1.45. The highest BCUT2D eigenvalue weighted by Crippen LogP contribution is 2.23. The van der Waals surface area contributed by atoms with Gasteiger partial charge in [-0.1, -0.05) is 37.6 Å². The molecule has 0 radical (unpaired) electrons. The van der Waals surface area contributed by atoms with E-state index in [2.05, 4.69) is 16.7 Å². The highest BCUT2D eigenvalue weighted by molar-refractivity contribution is 5.93. The van der Waals surface area contributed by atoms with Crippen molar-refractivity contribution < 1.29 is 33.8 Å². The lowest BCUT2D eigenvalue weighted by Gasteiger charge is -2.29. The molecule has 35 heavy (non-hydrogen) atoms. The Morgan fingerprint density at radius 2 is 1.77 bits per heavy atom. The maximum absolute atomic E-state index is 13.2. The van der Waals surface area contributed by atoms with Gasteiger partial charge in [0.25, 0.3) is 5.91 Å². The maximum Gasteiger partial charge on any atom is 0.408 e. The van der Waals surface area contributed by atoms with Crippen LogP contribution in [-0.4, -0.2) is 65.3 Å². The van der Waals surface area contributed by atoms with Gasteiger partial charge in [-0.25, -0.2) is 4.79 Å². The normalized spacial score (nSPS) is 12.5. The van der Waals surface area contributed by atoms with E-state index in [-0.39, 0.29) is 19.6 Å². The van der Waals surface area contributed by atoms with E-state index in [4.69, 9.17) is 15.9 Å². The minimum Gasteiger partial charge on any atom is -0.466 e. The fourth-order valence-corrected chi connectivity index (χ4v) is 3.04. The van der Waals surface area contributed by atoms with E-state index in [9.17, 15) is 24.3 Å². The number of hydrogen-bond acceptors (Lipinski definition) is 7. The third kappa shape index (κ3) is 9.66. The number of nitrogens with zero attached hydrogens (tertiary/aromatic N) is 1. The van der Waals surface area contributed by atoms with Crippen molar-refractivity contribution in [2.75, 3.05) is 19.8 Å². The van der Waals surface area contributed by atoms with E-state index in [0.717, 1.165) is 16.9 Å². The molecular weight excluding hydrogens is 454 g/mol. The average Bonchev–Trinajstić information content (AvgIpc) is 2.79. The number of terminal acetylenes is 1. The van der Waals surface area contributed by atoms with Crippen molar-refractivity contribution in [3.63, 3.8) is 0 Å². The van der Waals surface area contributed by atoms with Gasteiger partial charge in [-0.05, 0) is 45.2 Å². The van der Waals surface area contributed by atoms with Gasteiger partial charge >= 0.3 is 12.1 Å². The van der Waals surface area contributed by atoms with Crippen LogP contribution in [0.3, 0.4) is 0 Å². The van der Waals surface area contributed by atoms with E-state index in [1.807, 2.05) is 6.92 Å².